The molecule has 2 aromatic carbocycles. The maximum absolute atomic E-state index is 6.19. The van der Waals surface area contributed by atoms with Crippen LogP contribution in [0.5, 0.6) is 17.2 Å². The summed E-state index contributed by atoms with van der Waals surface area (Å²) in [4.78, 5) is 0. The molecule has 2 unspecified atom stereocenters. The van der Waals surface area contributed by atoms with E-state index in [2.05, 4.69) is 5.32 Å². The van der Waals surface area contributed by atoms with Gasteiger partial charge in [0, 0.05) is 18.2 Å². The minimum atomic E-state index is 0.325. The summed E-state index contributed by atoms with van der Waals surface area (Å²) in [7, 11) is 0. The standard InChI is InChI=1S/C19H21NO2/c1-2-5-16(6-3-1)21-17-7-4-8-18(13-17)22-19-11-14-9-10-15(12-19)20-14/h1-8,13-15,19-20H,9-12H2. The Morgan fingerprint density at radius 3 is 2.23 bits per heavy atom. The highest BCUT2D eigenvalue weighted by molar-refractivity contribution is 5.36. The van der Waals surface area contributed by atoms with E-state index in [1.54, 1.807) is 0 Å². The zero-order valence-corrected chi connectivity index (χ0v) is 12.6. The van der Waals surface area contributed by atoms with E-state index in [0.29, 0.717) is 18.2 Å². The molecule has 2 atom stereocenters. The lowest BCUT2D eigenvalue weighted by Gasteiger charge is -2.29. The van der Waals surface area contributed by atoms with Gasteiger partial charge in [-0.2, -0.15) is 0 Å². The van der Waals surface area contributed by atoms with Crippen LogP contribution in [0.15, 0.2) is 54.6 Å². The third kappa shape index (κ3) is 3.09. The van der Waals surface area contributed by atoms with Gasteiger partial charge in [-0.05, 0) is 49.9 Å². The Balaban J connectivity index is 1.43. The predicted octanol–water partition coefficient (Wildman–Crippen LogP) is 4.14. The quantitative estimate of drug-likeness (QED) is 0.919. The number of ether oxygens (including phenoxy) is 2. The number of piperidine rings is 1. The molecule has 0 aromatic heterocycles. The van der Waals surface area contributed by atoms with Crippen LogP contribution >= 0.6 is 0 Å². The van der Waals surface area contributed by atoms with Crippen LogP contribution in [0.2, 0.25) is 0 Å². The highest BCUT2D eigenvalue weighted by Gasteiger charge is 2.34. The SMILES string of the molecule is c1ccc(Oc2cccc(OC3CC4CCC(C3)N4)c2)cc1. The van der Waals surface area contributed by atoms with Crippen LogP contribution in [-0.4, -0.2) is 18.2 Å². The van der Waals surface area contributed by atoms with Crippen LogP contribution in [0.3, 0.4) is 0 Å². The van der Waals surface area contributed by atoms with Crippen molar-refractivity contribution >= 4 is 0 Å². The molecule has 4 rings (SSSR count). The minimum Gasteiger partial charge on any atom is -0.490 e. The Hall–Kier alpha value is -2.00. The van der Waals surface area contributed by atoms with Crippen molar-refractivity contribution in [3.05, 3.63) is 54.6 Å². The second-order valence-electron chi connectivity index (χ2n) is 6.24. The van der Waals surface area contributed by atoms with Gasteiger partial charge in [-0.15, -0.1) is 0 Å². The molecule has 3 nitrogen and oxygen atoms in total. The molecule has 0 radical (unpaired) electrons. The first-order chi connectivity index (χ1) is 10.8. The molecule has 0 aliphatic carbocycles. The van der Waals surface area contributed by atoms with Gasteiger partial charge in [0.05, 0.1) is 0 Å². The lowest BCUT2D eigenvalue weighted by Crippen LogP contribution is -2.42. The van der Waals surface area contributed by atoms with Gasteiger partial charge in [-0.1, -0.05) is 24.3 Å². The molecule has 2 bridgehead atoms. The van der Waals surface area contributed by atoms with Crippen LogP contribution in [0, 0.1) is 0 Å². The molecule has 22 heavy (non-hydrogen) atoms. The lowest BCUT2D eigenvalue weighted by molar-refractivity contribution is 0.137. The van der Waals surface area contributed by atoms with Gasteiger partial charge in [0.15, 0.2) is 0 Å². The minimum absolute atomic E-state index is 0.325. The summed E-state index contributed by atoms with van der Waals surface area (Å²) in [6, 6.07) is 19.1. The number of para-hydroxylation sites is 1. The average Bonchev–Trinajstić information content (AvgIpc) is 2.87. The molecular formula is C19H21NO2. The number of hydrogen-bond donors (Lipinski definition) is 1. The molecule has 2 heterocycles. The molecule has 114 valence electrons. The zero-order chi connectivity index (χ0) is 14.8. The molecular weight excluding hydrogens is 274 g/mol. The van der Waals surface area contributed by atoms with Crippen molar-refractivity contribution < 1.29 is 9.47 Å². The number of benzene rings is 2. The fraction of sp³-hybridized carbons (Fsp3) is 0.368. The molecule has 2 aliphatic heterocycles. The first-order valence-electron chi connectivity index (χ1n) is 8.11. The first-order valence-corrected chi connectivity index (χ1v) is 8.11. The van der Waals surface area contributed by atoms with E-state index < -0.39 is 0 Å². The lowest BCUT2D eigenvalue weighted by atomic mass is 10.0. The molecule has 0 saturated carbocycles. The summed E-state index contributed by atoms with van der Waals surface area (Å²) in [6.45, 7) is 0. The Kier molecular flexibility index (Phi) is 3.73. The normalized spacial score (nSPS) is 26.6. The van der Waals surface area contributed by atoms with E-state index in [4.69, 9.17) is 9.47 Å². The summed E-state index contributed by atoms with van der Waals surface area (Å²) in [6.07, 6.45) is 5.13. The summed E-state index contributed by atoms with van der Waals surface area (Å²) in [5.74, 6) is 2.57. The number of fused-ring (bicyclic) bond motifs is 2. The summed E-state index contributed by atoms with van der Waals surface area (Å²) in [5.41, 5.74) is 0. The van der Waals surface area contributed by atoms with E-state index in [0.717, 1.165) is 30.1 Å². The topological polar surface area (TPSA) is 30.5 Å². The first kappa shape index (κ1) is 13.6. The van der Waals surface area contributed by atoms with Crippen molar-refractivity contribution in [1.29, 1.82) is 0 Å². The third-order valence-corrected chi connectivity index (χ3v) is 4.52. The molecule has 1 N–H and O–H groups in total. The van der Waals surface area contributed by atoms with E-state index in [-0.39, 0.29) is 0 Å². The summed E-state index contributed by atoms with van der Waals surface area (Å²) in [5, 5.41) is 3.65. The van der Waals surface area contributed by atoms with Crippen LogP contribution < -0.4 is 14.8 Å². The molecule has 3 heteroatoms. The Morgan fingerprint density at radius 2 is 1.45 bits per heavy atom. The Labute approximate surface area is 131 Å². The van der Waals surface area contributed by atoms with Gasteiger partial charge in [0.2, 0.25) is 0 Å². The molecule has 0 amide bonds. The largest absolute Gasteiger partial charge is 0.490 e. The van der Waals surface area contributed by atoms with Crippen LogP contribution in [-0.2, 0) is 0 Å². The highest BCUT2D eigenvalue weighted by Crippen LogP contribution is 2.31. The van der Waals surface area contributed by atoms with Crippen LogP contribution in [0.25, 0.3) is 0 Å². The zero-order valence-electron chi connectivity index (χ0n) is 12.6. The molecule has 2 fully saturated rings. The Bertz CT molecular complexity index is 616. The summed E-state index contributed by atoms with van der Waals surface area (Å²) < 4.78 is 12.1. The second kappa shape index (κ2) is 6.01. The van der Waals surface area contributed by atoms with Gasteiger partial charge < -0.3 is 14.8 Å². The highest BCUT2D eigenvalue weighted by atomic mass is 16.5. The van der Waals surface area contributed by atoms with Crippen molar-refractivity contribution in [2.75, 3.05) is 0 Å². The number of hydrogen-bond acceptors (Lipinski definition) is 3. The van der Waals surface area contributed by atoms with E-state index in [1.807, 2.05) is 54.6 Å². The average molecular weight is 295 g/mol. The van der Waals surface area contributed by atoms with Gasteiger partial charge in [-0.3, -0.25) is 0 Å². The maximum Gasteiger partial charge on any atom is 0.131 e. The number of nitrogens with one attached hydrogen (secondary N) is 1. The van der Waals surface area contributed by atoms with Gasteiger partial charge >= 0.3 is 0 Å². The molecule has 0 spiro atoms. The van der Waals surface area contributed by atoms with Gasteiger partial charge in [0.1, 0.15) is 23.4 Å². The fourth-order valence-corrected chi connectivity index (χ4v) is 3.53. The Morgan fingerprint density at radius 1 is 0.773 bits per heavy atom. The van der Waals surface area contributed by atoms with E-state index in [1.165, 1.54) is 12.8 Å². The van der Waals surface area contributed by atoms with Gasteiger partial charge in [0.25, 0.3) is 0 Å². The van der Waals surface area contributed by atoms with Crippen molar-refractivity contribution in [2.24, 2.45) is 0 Å². The third-order valence-electron chi connectivity index (χ3n) is 4.52. The molecule has 2 aliphatic rings. The van der Waals surface area contributed by atoms with Crippen molar-refractivity contribution in [2.45, 2.75) is 43.9 Å². The maximum atomic E-state index is 6.19. The molecule has 2 saturated heterocycles. The van der Waals surface area contributed by atoms with E-state index in [9.17, 15) is 0 Å². The van der Waals surface area contributed by atoms with Crippen molar-refractivity contribution in [1.82, 2.24) is 5.32 Å². The fourth-order valence-electron chi connectivity index (χ4n) is 3.53. The summed E-state index contributed by atoms with van der Waals surface area (Å²) >= 11 is 0. The predicted molar refractivity (Wildman–Crippen MR) is 86.6 cm³/mol. The van der Waals surface area contributed by atoms with Crippen LogP contribution in [0.1, 0.15) is 25.7 Å². The smallest absolute Gasteiger partial charge is 0.131 e. The number of rotatable bonds is 4. The second-order valence-corrected chi connectivity index (χ2v) is 6.24. The van der Waals surface area contributed by atoms with Crippen LogP contribution in [0.4, 0.5) is 0 Å². The monoisotopic (exact) mass is 295 g/mol. The van der Waals surface area contributed by atoms with Crippen molar-refractivity contribution in [3.63, 3.8) is 0 Å². The van der Waals surface area contributed by atoms with E-state index >= 15 is 0 Å². The molecule has 2 aromatic rings. The van der Waals surface area contributed by atoms with Crippen molar-refractivity contribution in [3.8, 4) is 17.2 Å². The van der Waals surface area contributed by atoms with Gasteiger partial charge in [-0.25, -0.2) is 0 Å².